The van der Waals surface area contributed by atoms with Gasteiger partial charge in [0.1, 0.15) is 0 Å². The van der Waals surface area contributed by atoms with Gasteiger partial charge in [-0.15, -0.1) is 0 Å². The van der Waals surface area contributed by atoms with Gasteiger partial charge in [0.2, 0.25) is 0 Å². The molecule has 0 bridgehead atoms. The Kier molecular flexibility index (Phi) is 9.27. The van der Waals surface area contributed by atoms with Crippen LogP contribution in [0.2, 0.25) is 0 Å². The van der Waals surface area contributed by atoms with Crippen LogP contribution in [0.25, 0.3) is 0 Å². The smallest absolute Gasteiger partial charge is 0.263 e. The number of unbranched alkanes of at least 4 members (excludes halogenated alkanes) is 2. The molecule has 2 N–H and O–H groups in total. The lowest BCUT2D eigenvalue weighted by Gasteiger charge is -2.33. The van der Waals surface area contributed by atoms with E-state index in [-0.39, 0.29) is 0 Å². The molecule has 142 valence electrons. The minimum Gasteiger partial charge on any atom is -0.263 e. The molecule has 0 heterocycles. The largest absolute Gasteiger partial charge is 0.316 e. The van der Waals surface area contributed by atoms with E-state index in [1.807, 2.05) is 64.7 Å². The molecule has 0 aliphatic rings. The summed E-state index contributed by atoms with van der Waals surface area (Å²) in [7, 11) is -2.98. The summed E-state index contributed by atoms with van der Waals surface area (Å²) >= 11 is 1.51. The molecule has 0 saturated heterocycles. The molecule has 6 heteroatoms. The van der Waals surface area contributed by atoms with Crippen molar-refractivity contribution in [3.63, 3.8) is 0 Å². The summed E-state index contributed by atoms with van der Waals surface area (Å²) in [5.41, 5.74) is 0.928. The highest BCUT2D eigenvalue weighted by molar-refractivity contribution is 8.07. The second kappa shape index (κ2) is 11.5. The van der Waals surface area contributed by atoms with E-state index in [0.717, 1.165) is 49.4 Å². The molecule has 26 heavy (non-hydrogen) atoms. The van der Waals surface area contributed by atoms with Crippen molar-refractivity contribution < 1.29 is 4.57 Å². The van der Waals surface area contributed by atoms with Crippen LogP contribution in [0.3, 0.4) is 0 Å². The zero-order valence-electron chi connectivity index (χ0n) is 15.7. The molecule has 2 aromatic carbocycles. The second-order valence-corrected chi connectivity index (χ2v) is 9.59. The Balaban J connectivity index is 2.31. The fourth-order valence-corrected chi connectivity index (χ4v) is 5.95. The van der Waals surface area contributed by atoms with E-state index in [1.54, 1.807) is 0 Å². The van der Waals surface area contributed by atoms with Gasteiger partial charge in [-0.25, -0.2) is 14.3 Å². The van der Waals surface area contributed by atoms with Gasteiger partial charge < -0.3 is 0 Å². The summed E-state index contributed by atoms with van der Waals surface area (Å²) in [5.74, 6) is 0. The minimum absolute atomic E-state index is 0.728. The molecule has 0 radical (unpaired) electrons. The SMILES string of the molecule is CCCCNP(=O)(NCCCC)N(Sc1ccccc1)c1ccccc1. The number of hydrogen-bond donors (Lipinski definition) is 2. The summed E-state index contributed by atoms with van der Waals surface area (Å²) in [4.78, 5) is 1.06. The summed E-state index contributed by atoms with van der Waals surface area (Å²) in [6.07, 6.45) is 4.13. The van der Waals surface area contributed by atoms with E-state index in [2.05, 4.69) is 24.0 Å². The van der Waals surface area contributed by atoms with Crippen molar-refractivity contribution in [2.24, 2.45) is 0 Å². The maximum atomic E-state index is 14.0. The fourth-order valence-electron chi connectivity index (χ4n) is 2.41. The zero-order chi connectivity index (χ0) is 18.7. The Labute approximate surface area is 162 Å². The predicted molar refractivity (Wildman–Crippen MR) is 115 cm³/mol. The van der Waals surface area contributed by atoms with Gasteiger partial charge in [0.05, 0.1) is 5.69 Å². The topological polar surface area (TPSA) is 44.4 Å². The van der Waals surface area contributed by atoms with Gasteiger partial charge in [0.15, 0.2) is 0 Å². The maximum absolute atomic E-state index is 14.0. The first-order valence-corrected chi connectivity index (χ1v) is 11.8. The quantitative estimate of drug-likeness (QED) is 0.260. The van der Waals surface area contributed by atoms with Crippen LogP contribution in [-0.4, -0.2) is 13.1 Å². The first-order valence-electron chi connectivity index (χ1n) is 9.38. The number of hydrogen-bond acceptors (Lipinski definition) is 2. The molecule has 0 fully saturated rings. The van der Waals surface area contributed by atoms with Crippen LogP contribution in [0.15, 0.2) is 65.6 Å². The molecule has 4 nitrogen and oxygen atoms in total. The van der Waals surface area contributed by atoms with E-state index in [4.69, 9.17) is 0 Å². The van der Waals surface area contributed by atoms with Crippen LogP contribution in [-0.2, 0) is 4.57 Å². The van der Waals surface area contributed by atoms with Gasteiger partial charge in [0.25, 0.3) is 0 Å². The molecular weight excluding hydrogens is 361 g/mol. The van der Waals surface area contributed by atoms with Crippen LogP contribution in [0.1, 0.15) is 39.5 Å². The van der Waals surface area contributed by atoms with Crippen LogP contribution in [0.5, 0.6) is 0 Å². The Bertz CT molecular complexity index is 655. The van der Waals surface area contributed by atoms with Crippen molar-refractivity contribution in [2.45, 2.75) is 44.4 Å². The molecule has 0 saturated carbocycles. The lowest BCUT2D eigenvalue weighted by atomic mass is 10.3. The summed E-state index contributed by atoms with van der Waals surface area (Å²) in [5, 5.41) is 6.65. The van der Waals surface area contributed by atoms with Crippen molar-refractivity contribution in [1.29, 1.82) is 0 Å². The van der Waals surface area contributed by atoms with Crippen molar-refractivity contribution in [3.8, 4) is 0 Å². The lowest BCUT2D eigenvalue weighted by molar-refractivity contribution is 0.549. The van der Waals surface area contributed by atoms with Gasteiger partial charge >= 0.3 is 7.59 Å². The number of nitrogens with zero attached hydrogens (tertiary/aromatic N) is 1. The van der Waals surface area contributed by atoms with Crippen molar-refractivity contribution in [2.75, 3.05) is 17.2 Å². The fraction of sp³-hybridized carbons (Fsp3) is 0.400. The number of anilines is 1. The summed E-state index contributed by atoms with van der Waals surface area (Å²) < 4.78 is 15.9. The Morgan fingerprint density at radius 3 is 1.85 bits per heavy atom. The standard InChI is InChI=1S/C20H30N3OPS/c1-3-5-17-21-25(24,22-18-6-4-2)23(19-13-9-7-10-14-19)26-20-15-11-8-12-16-20/h7-16H,3-6,17-18H2,1-2H3,(H2,21,22,24). The zero-order valence-corrected chi connectivity index (χ0v) is 17.4. The first kappa shape index (κ1) is 21.0. The van der Waals surface area contributed by atoms with E-state index in [1.165, 1.54) is 11.9 Å². The Hall–Kier alpha value is -1.26. The Morgan fingerprint density at radius 1 is 0.846 bits per heavy atom. The normalized spacial score (nSPS) is 11.5. The van der Waals surface area contributed by atoms with E-state index < -0.39 is 7.59 Å². The molecule has 2 aromatic rings. The monoisotopic (exact) mass is 391 g/mol. The highest BCUT2D eigenvalue weighted by atomic mass is 32.2. The maximum Gasteiger partial charge on any atom is 0.316 e. The highest BCUT2D eigenvalue weighted by Crippen LogP contribution is 2.51. The van der Waals surface area contributed by atoms with Gasteiger partial charge in [0, 0.05) is 18.0 Å². The highest BCUT2D eigenvalue weighted by Gasteiger charge is 2.31. The van der Waals surface area contributed by atoms with Crippen molar-refractivity contribution in [3.05, 3.63) is 60.7 Å². The lowest BCUT2D eigenvalue weighted by Crippen LogP contribution is -2.33. The third kappa shape index (κ3) is 6.48. The third-order valence-electron chi connectivity index (χ3n) is 3.88. The molecule has 0 atom stereocenters. The molecule has 0 unspecified atom stereocenters. The molecule has 0 spiro atoms. The first-order chi connectivity index (χ1) is 12.7. The molecule has 0 aliphatic carbocycles. The summed E-state index contributed by atoms with van der Waals surface area (Å²) in [6, 6.07) is 20.1. The van der Waals surface area contributed by atoms with Crippen LogP contribution in [0, 0.1) is 0 Å². The molecular formula is C20H30N3OPS. The van der Waals surface area contributed by atoms with Crippen molar-refractivity contribution >= 4 is 25.2 Å². The average Bonchev–Trinajstić information content (AvgIpc) is 2.68. The van der Waals surface area contributed by atoms with Crippen LogP contribution < -0.4 is 14.3 Å². The third-order valence-corrected chi connectivity index (χ3v) is 7.73. The van der Waals surface area contributed by atoms with Crippen LogP contribution >= 0.6 is 19.5 Å². The van der Waals surface area contributed by atoms with E-state index >= 15 is 0 Å². The summed E-state index contributed by atoms with van der Waals surface area (Å²) in [6.45, 7) is 5.74. The van der Waals surface area contributed by atoms with E-state index in [0.29, 0.717) is 0 Å². The van der Waals surface area contributed by atoms with Gasteiger partial charge in [-0.1, -0.05) is 63.1 Å². The number of benzene rings is 2. The molecule has 0 amide bonds. The minimum atomic E-state index is -2.98. The Morgan fingerprint density at radius 2 is 1.35 bits per heavy atom. The number of para-hydroxylation sites is 1. The molecule has 0 aromatic heterocycles. The van der Waals surface area contributed by atoms with E-state index in [9.17, 15) is 4.57 Å². The van der Waals surface area contributed by atoms with Gasteiger partial charge in [-0.3, -0.25) is 4.57 Å². The van der Waals surface area contributed by atoms with Crippen LogP contribution in [0.4, 0.5) is 5.69 Å². The molecule has 2 rings (SSSR count). The molecule has 0 aliphatic heterocycles. The number of rotatable bonds is 12. The average molecular weight is 392 g/mol. The number of nitrogens with one attached hydrogen (secondary N) is 2. The van der Waals surface area contributed by atoms with Gasteiger partial charge in [-0.05, 0) is 49.1 Å². The van der Waals surface area contributed by atoms with Gasteiger partial charge in [-0.2, -0.15) is 0 Å². The van der Waals surface area contributed by atoms with Crippen molar-refractivity contribution in [1.82, 2.24) is 10.2 Å². The second-order valence-electron chi connectivity index (χ2n) is 6.11. The predicted octanol–water partition coefficient (Wildman–Crippen LogP) is 6.09.